The highest BCUT2D eigenvalue weighted by Crippen LogP contribution is 2.32. The molecule has 128 valence electrons. The summed E-state index contributed by atoms with van der Waals surface area (Å²) >= 11 is 0. The van der Waals surface area contributed by atoms with E-state index in [1.807, 2.05) is 32.0 Å². The molecule has 2 atom stereocenters. The third-order valence-corrected chi connectivity index (χ3v) is 3.61. The Morgan fingerprint density at radius 1 is 1.42 bits per heavy atom. The van der Waals surface area contributed by atoms with E-state index in [1.165, 1.54) is 0 Å². The largest absolute Gasteiger partial charge is 0.494 e. The molecule has 0 unspecified atom stereocenters. The predicted molar refractivity (Wildman–Crippen MR) is 90.4 cm³/mol. The minimum atomic E-state index is -0.718. The number of nitrogens with one attached hydrogen (secondary N) is 2. The van der Waals surface area contributed by atoms with Gasteiger partial charge in [0.1, 0.15) is 18.3 Å². The number of ether oxygens (including phenoxy) is 2. The molecule has 24 heavy (non-hydrogen) atoms. The maximum Gasteiger partial charge on any atom is 0.319 e. The van der Waals surface area contributed by atoms with Crippen molar-refractivity contribution in [2.24, 2.45) is 5.92 Å². The molecule has 1 aromatic rings. The molecule has 0 aliphatic carbocycles. The van der Waals surface area contributed by atoms with Crippen LogP contribution in [0.3, 0.4) is 0 Å². The first-order chi connectivity index (χ1) is 11.6. The summed E-state index contributed by atoms with van der Waals surface area (Å²) in [5, 5.41) is 5.31. The summed E-state index contributed by atoms with van der Waals surface area (Å²) in [5.41, 5.74) is 1.07. The van der Waals surface area contributed by atoms with Crippen molar-refractivity contribution in [3.63, 3.8) is 0 Å². The summed E-state index contributed by atoms with van der Waals surface area (Å²) < 4.78 is 10.7. The molecule has 1 aromatic carbocycles. The van der Waals surface area contributed by atoms with Crippen LogP contribution in [0.15, 0.2) is 48.7 Å². The minimum Gasteiger partial charge on any atom is -0.494 e. The molecule has 1 aliphatic heterocycles. The van der Waals surface area contributed by atoms with Crippen LogP contribution in [0, 0.1) is 5.92 Å². The quantitative estimate of drug-likeness (QED) is 0.621. The Kier molecular flexibility index (Phi) is 6.01. The second-order valence-corrected chi connectivity index (χ2v) is 5.28. The molecule has 0 radical (unpaired) electrons. The summed E-state index contributed by atoms with van der Waals surface area (Å²) in [6.07, 6.45) is 3.53. The van der Waals surface area contributed by atoms with Gasteiger partial charge in [-0.3, -0.25) is 4.79 Å². The maximum absolute atomic E-state index is 12.4. The average molecular weight is 330 g/mol. The Morgan fingerprint density at radius 2 is 2.21 bits per heavy atom. The van der Waals surface area contributed by atoms with E-state index in [4.69, 9.17) is 9.47 Å². The highest BCUT2D eigenvalue weighted by molar-refractivity contribution is 5.85. The van der Waals surface area contributed by atoms with Gasteiger partial charge in [0.05, 0.1) is 12.6 Å². The van der Waals surface area contributed by atoms with Gasteiger partial charge in [-0.25, -0.2) is 4.79 Å². The smallest absolute Gasteiger partial charge is 0.319 e. The van der Waals surface area contributed by atoms with Crippen LogP contribution in [0.25, 0.3) is 0 Å². The fourth-order valence-electron chi connectivity index (χ4n) is 2.52. The van der Waals surface area contributed by atoms with Gasteiger partial charge in [-0.1, -0.05) is 30.9 Å². The topological polar surface area (TPSA) is 76.7 Å². The van der Waals surface area contributed by atoms with E-state index in [1.54, 1.807) is 18.2 Å². The molecule has 6 heteroatoms. The van der Waals surface area contributed by atoms with Crippen molar-refractivity contribution in [3.05, 3.63) is 54.3 Å². The van der Waals surface area contributed by atoms with Gasteiger partial charge in [0.15, 0.2) is 0 Å². The van der Waals surface area contributed by atoms with E-state index in [9.17, 15) is 9.59 Å². The minimum absolute atomic E-state index is 0.179. The van der Waals surface area contributed by atoms with Crippen molar-refractivity contribution in [2.45, 2.75) is 19.9 Å². The number of urea groups is 1. The lowest BCUT2D eigenvalue weighted by atomic mass is 9.89. The molecule has 2 amide bonds. The van der Waals surface area contributed by atoms with Gasteiger partial charge in [-0.2, -0.15) is 0 Å². The predicted octanol–water partition coefficient (Wildman–Crippen LogP) is 2.69. The van der Waals surface area contributed by atoms with E-state index in [0.29, 0.717) is 18.1 Å². The number of esters is 1. The number of carbonyl (C=O) groups is 2. The van der Waals surface area contributed by atoms with Gasteiger partial charge < -0.3 is 20.1 Å². The van der Waals surface area contributed by atoms with Crippen LogP contribution in [0.1, 0.15) is 25.5 Å². The lowest BCUT2D eigenvalue weighted by molar-refractivity contribution is -0.147. The van der Waals surface area contributed by atoms with Crippen LogP contribution < -0.4 is 15.4 Å². The van der Waals surface area contributed by atoms with Gasteiger partial charge in [0, 0.05) is 5.70 Å². The molecule has 0 spiro atoms. The molecule has 0 aromatic heterocycles. The van der Waals surface area contributed by atoms with Crippen LogP contribution in [0.2, 0.25) is 0 Å². The van der Waals surface area contributed by atoms with Crippen molar-refractivity contribution in [1.82, 2.24) is 10.6 Å². The molecule has 0 bridgehead atoms. The van der Waals surface area contributed by atoms with Crippen molar-refractivity contribution in [2.75, 3.05) is 13.2 Å². The van der Waals surface area contributed by atoms with Gasteiger partial charge in [-0.15, -0.1) is 0 Å². The number of amides is 2. The Balaban J connectivity index is 2.28. The number of hydrogen-bond donors (Lipinski definition) is 2. The summed E-state index contributed by atoms with van der Waals surface area (Å²) in [6, 6.07) is 6.32. The third kappa shape index (κ3) is 4.16. The number of benzene rings is 1. The second kappa shape index (κ2) is 8.19. The van der Waals surface area contributed by atoms with Crippen LogP contribution in [-0.4, -0.2) is 25.2 Å². The zero-order valence-corrected chi connectivity index (χ0v) is 13.9. The number of rotatable bonds is 6. The van der Waals surface area contributed by atoms with Gasteiger partial charge in [0.2, 0.25) is 0 Å². The van der Waals surface area contributed by atoms with Gasteiger partial charge in [-0.05, 0) is 31.5 Å². The molecule has 2 rings (SSSR count). The third-order valence-electron chi connectivity index (χ3n) is 3.61. The monoisotopic (exact) mass is 330 g/mol. The highest BCUT2D eigenvalue weighted by atomic mass is 16.5. The van der Waals surface area contributed by atoms with E-state index in [0.717, 1.165) is 5.56 Å². The first-order valence-electron chi connectivity index (χ1n) is 7.83. The number of allylic oxidation sites excluding steroid dienone is 1. The second-order valence-electron chi connectivity index (χ2n) is 5.28. The van der Waals surface area contributed by atoms with Gasteiger partial charge >= 0.3 is 12.0 Å². The standard InChI is InChI=1S/C18H22N2O4/c1-4-6-10-24-17(21)15-12(3)19-18(22)20-16(15)13-8-7-9-14(11-13)23-5-2/h4,6-9,11,15-16H,3,5,10H2,1-2H3,(H2,19,20,22)/b6-4+/t15-,16+/m0/s1. The Labute approximate surface area is 141 Å². The fraction of sp³-hybridized carbons (Fsp3) is 0.333. The molecule has 6 nitrogen and oxygen atoms in total. The number of carbonyl (C=O) groups excluding carboxylic acids is 2. The van der Waals surface area contributed by atoms with Crippen LogP contribution >= 0.6 is 0 Å². The SMILES string of the molecule is C=C1NC(=O)N[C@H](c2cccc(OCC)c2)[C@H]1C(=O)OC/C=C/C. The summed E-state index contributed by atoms with van der Waals surface area (Å²) in [4.78, 5) is 24.3. The molecule has 1 heterocycles. The zero-order chi connectivity index (χ0) is 17.5. The summed E-state index contributed by atoms with van der Waals surface area (Å²) in [5.74, 6) is -0.489. The summed E-state index contributed by atoms with van der Waals surface area (Å²) in [6.45, 7) is 8.25. The Hall–Kier alpha value is -2.76. The number of hydrogen-bond acceptors (Lipinski definition) is 4. The highest BCUT2D eigenvalue weighted by Gasteiger charge is 2.38. The molecule has 1 aliphatic rings. The first kappa shape index (κ1) is 17.6. The lowest BCUT2D eigenvalue weighted by Gasteiger charge is -2.33. The van der Waals surface area contributed by atoms with Gasteiger partial charge in [0.25, 0.3) is 0 Å². The van der Waals surface area contributed by atoms with Crippen molar-refractivity contribution < 1.29 is 19.1 Å². The van der Waals surface area contributed by atoms with E-state index in [-0.39, 0.29) is 6.61 Å². The summed E-state index contributed by atoms with van der Waals surface area (Å²) in [7, 11) is 0. The molecular weight excluding hydrogens is 308 g/mol. The van der Waals surface area contributed by atoms with Crippen LogP contribution in [0.4, 0.5) is 4.79 Å². The molecule has 1 fully saturated rings. The normalized spacial score (nSPS) is 20.4. The molecular formula is C18H22N2O4. The Morgan fingerprint density at radius 3 is 2.92 bits per heavy atom. The Bertz CT molecular complexity index is 654. The van der Waals surface area contributed by atoms with Crippen molar-refractivity contribution in [3.8, 4) is 5.75 Å². The lowest BCUT2D eigenvalue weighted by Crippen LogP contribution is -2.51. The maximum atomic E-state index is 12.4. The van der Waals surface area contributed by atoms with E-state index < -0.39 is 24.0 Å². The average Bonchev–Trinajstić information content (AvgIpc) is 2.55. The zero-order valence-electron chi connectivity index (χ0n) is 13.9. The first-order valence-corrected chi connectivity index (χ1v) is 7.83. The van der Waals surface area contributed by atoms with Crippen molar-refractivity contribution in [1.29, 1.82) is 0 Å². The van der Waals surface area contributed by atoms with Crippen molar-refractivity contribution >= 4 is 12.0 Å². The molecule has 0 saturated carbocycles. The van der Waals surface area contributed by atoms with E-state index >= 15 is 0 Å². The fourth-order valence-corrected chi connectivity index (χ4v) is 2.52. The van der Waals surface area contributed by atoms with Crippen LogP contribution in [0.5, 0.6) is 5.75 Å². The van der Waals surface area contributed by atoms with Crippen LogP contribution in [-0.2, 0) is 9.53 Å². The molecule has 2 N–H and O–H groups in total. The molecule has 1 saturated heterocycles. The van der Waals surface area contributed by atoms with E-state index in [2.05, 4.69) is 17.2 Å².